The molecule has 1 aromatic carbocycles. The van der Waals surface area contributed by atoms with Crippen LogP contribution < -0.4 is 0 Å². The van der Waals surface area contributed by atoms with E-state index < -0.39 is 0 Å². The standard InChI is InChI=1S/C12H12N2O2/c15-8-5-6-14(7-8)11-9-3-1-2-4-10(9)13-12(11)16/h1-4,6,8,13,15H,5,7H2/p+1/t8-/m0/s1. The summed E-state index contributed by atoms with van der Waals surface area (Å²) in [5.41, 5.74) is 1.66. The fourth-order valence-corrected chi connectivity index (χ4v) is 2.21. The summed E-state index contributed by atoms with van der Waals surface area (Å²) < 4.78 is 1.90. The highest BCUT2D eigenvalue weighted by atomic mass is 16.3. The Morgan fingerprint density at radius 1 is 1.31 bits per heavy atom. The summed E-state index contributed by atoms with van der Waals surface area (Å²) in [6, 6.07) is 7.74. The third-order valence-corrected chi connectivity index (χ3v) is 2.95. The zero-order valence-corrected chi connectivity index (χ0v) is 8.72. The molecule has 0 saturated heterocycles. The van der Waals surface area contributed by atoms with E-state index in [0.29, 0.717) is 13.0 Å². The van der Waals surface area contributed by atoms with Crippen LogP contribution in [0.2, 0.25) is 0 Å². The van der Waals surface area contributed by atoms with Crippen molar-refractivity contribution in [1.29, 1.82) is 0 Å². The van der Waals surface area contributed by atoms with E-state index >= 15 is 0 Å². The highest BCUT2D eigenvalue weighted by Gasteiger charge is 2.28. The van der Waals surface area contributed by atoms with Gasteiger partial charge < -0.3 is 15.2 Å². The molecule has 0 amide bonds. The van der Waals surface area contributed by atoms with E-state index in [2.05, 4.69) is 4.98 Å². The third kappa shape index (κ3) is 1.31. The highest BCUT2D eigenvalue weighted by molar-refractivity contribution is 5.92. The molecule has 2 aromatic rings. The van der Waals surface area contributed by atoms with E-state index in [1.54, 1.807) is 0 Å². The maximum atomic E-state index is 9.88. The fourth-order valence-electron chi connectivity index (χ4n) is 2.21. The average Bonchev–Trinajstić information content (AvgIpc) is 2.80. The lowest BCUT2D eigenvalue weighted by Crippen LogP contribution is -2.11. The number of nitrogens with zero attached hydrogens (tertiary/aromatic N) is 1. The summed E-state index contributed by atoms with van der Waals surface area (Å²) in [7, 11) is 0. The van der Waals surface area contributed by atoms with Crippen LogP contribution in [0, 0.1) is 0 Å². The van der Waals surface area contributed by atoms with E-state index in [4.69, 9.17) is 0 Å². The number of H-pyrrole nitrogens is 1. The molecule has 1 aromatic heterocycles. The second-order valence-corrected chi connectivity index (χ2v) is 4.09. The maximum Gasteiger partial charge on any atom is 0.274 e. The molecule has 0 spiro atoms. The number of aromatic amines is 1. The van der Waals surface area contributed by atoms with Crippen LogP contribution in [0.25, 0.3) is 10.9 Å². The van der Waals surface area contributed by atoms with Crippen LogP contribution in [0.5, 0.6) is 5.88 Å². The number of rotatable bonds is 1. The number of nitrogens with one attached hydrogen (secondary N) is 1. The van der Waals surface area contributed by atoms with Crippen molar-refractivity contribution in [3.8, 4) is 5.88 Å². The van der Waals surface area contributed by atoms with Gasteiger partial charge in [0.1, 0.15) is 12.3 Å². The number of aromatic nitrogens is 1. The molecule has 0 aliphatic carbocycles. The van der Waals surface area contributed by atoms with Gasteiger partial charge in [-0.2, -0.15) is 4.58 Å². The predicted molar refractivity (Wildman–Crippen MR) is 61.4 cm³/mol. The number of para-hydroxylation sites is 1. The number of aliphatic hydroxyl groups excluding tert-OH is 1. The van der Waals surface area contributed by atoms with Gasteiger partial charge in [0.2, 0.25) is 0 Å². The molecule has 1 aliphatic heterocycles. The van der Waals surface area contributed by atoms with Gasteiger partial charge in [-0.15, -0.1) is 0 Å². The number of hydrogen-bond acceptors (Lipinski definition) is 2. The Bertz CT molecular complexity index is 571. The summed E-state index contributed by atoms with van der Waals surface area (Å²) in [5, 5.41) is 20.4. The molecular formula is C12H13N2O2+. The smallest absolute Gasteiger partial charge is 0.274 e. The largest absolute Gasteiger partial charge is 0.490 e. The topological polar surface area (TPSA) is 59.3 Å². The second-order valence-electron chi connectivity index (χ2n) is 4.09. The van der Waals surface area contributed by atoms with Crippen LogP contribution in [-0.4, -0.2) is 38.6 Å². The summed E-state index contributed by atoms with van der Waals surface area (Å²) in [4.78, 5) is 2.93. The van der Waals surface area contributed by atoms with Crippen LogP contribution in [0.3, 0.4) is 0 Å². The normalized spacial score (nSPS) is 20.3. The van der Waals surface area contributed by atoms with Gasteiger partial charge in [0.25, 0.3) is 11.6 Å². The molecule has 0 saturated carbocycles. The lowest BCUT2D eigenvalue weighted by atomic mass is 10.2. The van der Waals surface area contributed by atoms with Crippen LogP contribution in [0.4, 0.5) is 5.69 Å². The Morgan fingerprint density at radius 3 is 2.88 bits per heavy atom. The minimum Gasteiger partial charge on any atom is -0.490 e. The first-order chi connectivity index (χ1) is 7.75. The van der Waals surface area contributed by atoms with E-state index in [-0.39, 0.29) is 12.0 Å². The lowest BCUT2D eigenvalue weighted by Gasteiger charge is -1.97. The molecule has 82 valence electrons. The molecule has 3 rings (SSSR count). The van der Waals surface area contributed by atoms with Crippen LogP contribution in [0.15, 0.2) is 24.3 Å². The zero-order valence-electron chi connectivity index (χ0n) is 8.72. The molecule has 16 heavy (non-hydrogen) atoms. The molecule has 1 atom stereocenters. The van der Waals surface area contributed by atoms with Gasteiger partial charge in [0.05, 0.1) is 17.3 Å². The van der Waals surface area contributed by atoms with Gasteiger partial charge in [0, 0.05) is 0 Å². The molecule has 2 heterocycles. The third-order valence-electron chi connectivity index (χ3n) is 2.95. The molecule has 4 nitrogen and oxygen atoms in total. The molecular weight excluding hydrogens is 204 g/mol. The van der Waals surface area contributed by atoms with Gasteiger partial charge in [-0.3, -0.25) is 0 Å². The number of fused-ring (bicyclic) bond motifs is 1. The van der Waals surface area contributed by atoms with Crippen molar-refractivity contribution in [2.75, 3.05) is 6.54 Å². The van der Waals surface area contributed by atoms with Crippen LogP contribution in [0.1, 0.15) is 6.42 Å². The number of benzene rings is 1. The molecule has 1 aliphatic rings. The minimum atomic E-state index is -0.340. The van der Waals surface area contributed by atoms with Crippen molar-refractivity contribution in [1.82, 2.24) is 4.98 Å². The SMILES string of the molecule is Oc1[nH]c2ccccc2c1[N+]1=CC[C@H](O)C1. The molecule has 0 bridgehead atoms. The van der Waals surface area contributed by atoms with Gasteiger partial charge in [-0.25, -0.2) is 0 Å². The van der Waals surface area contributed by atoms with E-state index in [0.717, 1.165) is 16.6 Å². The Hall–Kier alpha value is -1.81. The zero-order chi connectivity index (χ0) is 11.1. The monoisotopic (exact) mass is 217 g/mol. The summed E-state index contributed by atoms with van der Waals surface area (Å²) in [6.45, 7) is 0.537. The second kappa shape index (κ2) is 3.35. The van der Waals surface area contributed by atoms with Gasteiger partial charge >= 0.3 is 0 Å². The highest BCUT2D eigenvalue weighted by Crippen LogP contribution is 2.35. The number of aliphatic hydroxyl groups is 1. The number of β-amino-alcohol motifs (C(OH)–C–C–N with tert-alkyl or cyclic N) is 1. The van der Waals surface area contributed by atoms with Crippen molar-refractivity contribution >= 4 is 22.8 Å². The van der Waals surface area contributed by atoms with Crippen molar-refractivity contribution in [2.45, 2.75) is 12.5 Å². The molecule has 4 heteroatoms. The van der Waals surface area contributed by atoms with Crippen LogP contribution >= 0.6 is 0 Å². The van der Waals surface area contributed by atoms with Crippen LogP contribution in [-0.2, 0) is 0 Å². The van der Waals surface area contributed by atoms with E-state index in [9.17, 15) is 10.2 Å². The van der Waals surface area contributed by atoms with Crippen molar-refractivity contribution in [3.05, 3.63) is 24.3 Å². The molecule has 0 unspecified atom stereocenters. The Labute approximate surface area is 92.5 Å². The summed E-state index contributed by atoms with van der Waals surface area (Å²) >= 11 is 0. The van der Waals surface area contributed by atoms with E-state index in [1.807, 2.05) is 35.1 Å². The molecule has 0 fully saturated rings. The number of hydrogen-bond donors (Lipinski definition) is 3. The quantitative estimate of drug-likeness (QED) is 0.631. The maximum absolute atomic E-state index is 9.88. The van der Waals surface area contributed by atoms with Crippen molar-refractivity contribution < 1.29 is 14.8 Å². The molecule has 0 radical (unpaired) electrons. The first kappa shape index (κ1) is 9.42. The Balaban J connectivity index is 2.19. The Morgan fingerprint density at radius 2 is 2.12 bits per heavy atom. The lowest BCUT2D eigenvalue weighted by molar-refractivity contribution is -0.434. The molecule has 3 N–H and O–H groups in total. The summed E-state index contributed by atoms with van der Waals surface area (Å²) in [6.07, 6.45) is 2.21. The first-order valence-corrected chi connectivity index (χ1v) is 5.33. The van der Waals surface area contributed by atoms with Crippen molar-refractivity contribution in [2.24, 2.45) is 0 Å². The number of aromatic hydroxyl groups is 1. The first-order valence-electron chi connectivity index (χ1n) is 5.33. The average molecular weight is 217 g/mol. The summed E-state index contributed by atoms with van der Waals surface area (Å²) in [5.74, 6) is 0.159. The fraction of sp³-hybridized carbons (Fsp3) is 0.250. The predicted octanol–water partition coefficient (Wildman–Crippen LogP) is 1.35. The Kier molecular flexibility index (Phi) is 1.97. The van der Waals surface area contributed by atoms with Gasteiger partial charge in [-0.05, 0) is 12.1 Å². The minimum absolute atomic E-state index is 0.159. The van der Waals surface area contributed by atoms with Gasteiger partial charge in [-0.1, -0.05) is 12.1 Å². The van der Waals surface area contributed by atoms with Crippen molar-refractivity contribution in [3.63, 3.8) is 0 Å². The van der Waals surface area contributed by atoms with E-state index in [1.165, 1.54) is 0 Å². The van der Waals surface area contributed by atoms with Gasteiger partial charge in [0.15, 0.2) is 6.54 Å².